The van der Waals surface area contributed by atoms with Crippen molar-refractivity contribution in [2.75, 3.05) is 45.7 Å². The van der Waals surface area contributed by atoms with E-state index in [9.17, 15) is 9.59 Å². The largest absolute Gasteiger partial charge is 0.497 e. The SMILES string of the molecule is COc1ccc(NC(=O)C2(N(Cc3ccccc3)C(=O)CN3C[C@H](c4ccccc4)NC3=S)CCN(C)CC2)cc1. The summed E-state index contributed by atoms with van der Waals surface area (Å²) in [6.45, 7) is 2.41. The number of carbonyl (C=O) groups is 2. The number of hydrogen-bond acceptors (Lipinski definition) is 5. The minimum Gasteiger partial charge on any atom is -0.497 e. The second-order valence-electron chi connectivity index (χ2n) is 10.8. The summed E-state index contributed by atoms with van der Waals surface area (Å²) in [5.74, 6) is 0.410. The van der Waals surface area contributed by atoms with E-state index >= 15 is 0 Å². The van der Waals surface area contributed by atoms with E-state index < -0.39 is 5.54 Å². The number of amides is 2. The van der Waals surface area contributed by atoms with E-state index in [0.29, 0.717) is 55.6 Å². The van der Waals surface area contributed by atoms with Gasteiger partial charge in [0.1, 0.15) is 11.3 Å². The molecule has 0 saturated carbocycles. The van der Waals surface area contributed by atoms with Crippen LogP contribution in [0.4, 0.5) is 5.69 Å². The first-order valence-corrected chi connectivity index (χ1v) is 14.4. The lowest BCUT2D eigenvalue weighted by molar-refractivity contribution is -0.149. The molecule has 3 aromatic rings. The third-order valence-corrected chi connectivity index (χ3v) is 8.48. The summed E-state index contributed by atoms with van der Waals surface area (Å²) in [6, 6.07) is 27.2. The molecule has 2 saturated heterocycles. The number of likely N-dealkylation sites (tertiary alicyclic amines) is 1. The van der Waals surface area contributed by atoms with Crippen LogP contribution in [0.1, 0.15) is 30.0 Å². The highest BCUT2D eigenvalue weighted by Gasteiger charge is 2.48. The number of benzene rings is 3. The van der Waals surface area contributed by atoms with Crippen LogP contribution in [0.5, 0.6) is 5.75 Å². The van der Waals surface area contributed by atoms with Crippen LogP contribution in [0.25, 0.3) is 0 Å². The number of ether oxygens (including phenoxy) is 1. The van der Waals surface area contributed by atoms with Gasteiger partial charge in [0.05, 0.1) is 19.7 Å². The van der Waals surface area contributed by atoms with Crippen molar-refractivity contribution < 1.29 is 14.3 Å². The number of nitrogens with zero attached hydrogens (tertiary/aromatic N) is 3. The van der Waals surface area contributed by atoms with E-state index in [0.717, 1.165) is 11.1 Å². The number of rotatable bonds is 9. The molecule has 2 N–H and O–H groups in total. The molecule has 0 unspecified atom stereocenters. The molecule has 2 aliphatic rings. The van der Waals surface area contributed by atoms with Gasteiger partial charge in [-0.05, 0) is 67.5 Å². The third kappa shape index (κ3) is 6.52. The zero-order valence-electron chi connectivity index (χ0n) is 23.6. The van der Waals surface area contributed by atoms with Crippen molar-refractivity contribution in [3.05, 3.63) is 96.1 Å². The summed E-state index contributed by atoms with van der Waals surface area (Å²) < 4.78 is 5.27. The number of anilines is 1. The molecule has 0 bridgehead atoms. The predicted octanol–water partition coefficient (Wildman–Crippen LogP) is 4.06. The number of piperidine rings is 1. The molecule has 2 heterocycles. The van der Waals surface area contributed by atoms with Gasteiger partial charge in [0.2, 0.25) is 11.8 Å². The van der Waals surface area contributed by atoms with Crippen molar-refractivity contribution in [1.29, 1.82) is 0 Å². The molecule has 5 rings (SSSR count). The van der Waals surface area contributed by atoms with Crippen LogP contribution >= 0.6 is 12.2 Å². The molecule has 0 aromatic heterocycles. The van der Waals surface area contributed by atoms with Crippen molar-refractivity contribution in [1.82, 2.24) is 20.0 Å². The molecule has 3 aromatic carbocycles. The fraction of sp³-hybridized carbons (Fsp3) is 0.344. The van der Waals surface area contributed by atoms with Crippen LogP contribution < -0.4 is 15.4 Å². The maximum absolute atomic E-state index is 14.3. The summed E-state index contributed by atoms with van der Waals surface area (Å²) >= 11 is 5.66. The molecule has 0 radical (unpaired) electrons. The molecule has 0 spiro atoms. The third-order valence-electron chi connectivity index (χ3n) is 8.10. The molecule has 2 aliphatic heterocycles. The summed E-state index contributed by atoms with van der Waals surface area (Å²) in [6.07, 6.45) is 1.05. The molecule has 41 heavy (non-hydrogen) atoms. The molecular formula is C32H37N5O3S. The number of carbonyl (C=O) groups excluding carboxylic acids is 2. The standard InChI is InChI=1S/C32H37N5O3S/c1-35-19-17-32(18-20-35,30(39)33-26-13-15-27(40-2)16-14-26)37(21-24-9-5-3-6-10-24)29(38)23-36-22-28(34-31(36)41)25-11-7-4-8-12-25/h3-16,28H,17-23H2,1-2H3,(H,33,39)(H,34,41)/t28-/m1/s1. The number of nitrogens with one attached hydrogen (secondary N) is 2. The van der Waals surface area contributed by atoms with Gasteiger partial charge in [-0.1, -0.05) is 60.7 Å². The zero-order chi connectivity index (χ0) is 28.8. The van der Waals surface area contributed by atoms with Gasteiger partial charge in [-0.3, -0.25) is 9.59 Å². The van der Waals surface area contributed by atoms with E-state index in [-0.39, 0.29) is 24.4 Å². The summed E-state index contributed by atoms with van der Waals surface area (Å²) in [5.41, 5.74) is 1.74. The van der Waals surface area contributed by atoms with Gasteiger partial charge < -0.3 is 30.1 Å². The van der Waals surface area contributed by atoms with E-state index in [1.165, 1.54) is 0 Å². The van der Waals surface area contributed by atoms with Gasteiger partial charge in [0.15, 0.2) is 5.11 Å². The highest BCUT2D eigenvalue weighted by Crippen LogP contribution is 2.33. The highest BCUT2D eigenvalue weighted by molar-refractivity contribution is 7.80. The maximum atomic E-state index is 14.3. The minimum absolute atomic E-state index is 0.00901. The van der Waals surface area contributed by atoms with Gasteiger partial charge >= 0.3 is 0 Å². The fourth-order valence-corrected chi connectivity index (χ4v) is 5.90. The molecule has 0 aliphatic carbocycles. The summed E-state index contributed by atoms with van der Waals surface area (Å²) in [7, 11) is 3.66. The first-order chi connectivity index (χ1) is 19.9. The van der Waals surface area contributed by atoms with Gasteiger partial charge in [-0.15, -0.1) is 0 Å². The molecule has 1 atom stereocenters. The smallest absolute Gasteiger partial charge is 0.250 e. The van der Waals surface area contributed by atoms with Crippen LogP contribution in [-0.4, -0.2) is 77.5 Å². The molecule has 214 valence electrons. The number of methoxy groups -OCH3 is 1. The second kappa shape index (κ2) is 12.7. The first-order valence-electron chi connectivity index (χ1n) is 14.0. The summed E-state index contributed by atoms with van der Waals surface area (Å²) in [5, 5.41) is 7.02. The number of hydrogen-bond donors (Lipinski definition) is 2. The van der Waals surface area contributed by atoms with Crippen LogP contribution in [-0.2, 0) is 16.1 Å². The lowest BCUT2D eigenvalue weighted by Crippen LogP contribution is -2.64. The Balaban J connectivity index is 1.43. The minimum atomic E-state index is -1.02. The van der Waals surface area contributed by atoms with E-state index in [1.807, 2.05) is 84.7 Å². The Morgan fingerprint density at radius 2 is 1.63 bits per heavy atom. The predicted molar refractivity (Wildman–Crippen MR) is 165 cm³/mol. The Morgan fingerprint density at radius 3 is 2.27 bits per heavy atom. The zero-order valence-corrected chi connectivity index (χ0v) is 24.4. The monoisotopic (exact) mass is 571 g/mol. The fourth-order valence-electron chi connectivity index (χ4n) is 5.62. The Hall–Kier alpha value is -3.95. The van der Waals surface area contributed by atoms with Crippen LogP contribution in [0.3, 0.4) is 0 Å². The average molecular weight is 572 g/mol. The van der Waals surface area contributed by atoms with Crippen LogP contribution in [0.15, 0.2) is 84.9 Å². The van der Waals surface area contributed by atoms with Crippen molar-refractivity contribution in [3.8, 4) is 5.75 Å². The van der Waals surface area contributed by atoms with Gasteiger partial charge in [-0.25, -0.2) is 0 Å². The topological polar surface area (TPSA) is 77.1 Å². The van der Waals surface area contributed by atoms with Gasteiger partial charge in [0.25, 0.3) is 0 Å². The van der Waals surface area contributed by atoms with Crippen molar-refractivity contribution >= 4 is 34.8 Å². The van der Waals surface area contributed by atoms with Crippen molar-refractivity contribution in [3.63, 3.8) is 0 Å². The molecular weight excluding hydrogens is 534 g/mol. The number of thiocarbonyl (C=S) groups is 1. The van der Waals surface area contributed by atoms with E-state index in [4.69, 9.17) is 17.0 Å². The second-order valence-corrected chi connectivity index (χ2v) is 11.2. The van der Waals surface area contributed by atoms with E-state index in [2.05, 4.69) is 27.7 Å². The van der Waals surface area contributed by atoms with Gasteiger partial charge in [-0.2, -0.15) is 0 Å². The van der Waals surface area contributed by atoms with Crippen molar-refractivity contribution in [2.45, 2.75) is 31.0 Å². The first kappa shape index (κ1) is 28.6. The van der Waals surface area contributed by atoms with Gasteiger partial charge in [0, 0.05) is 31.9 Å². The molecule has 2 fully saturated rings. The van der Waals surface area contributed by atoms with Crippen molar-refractivity contribution in [2.24, 2.45) is 0 Å². The quantitative estimate of drug-likeness (QED) is 0.375. The lowest BCUT2D eigenvalue weighted by Gasteiger charge is -2.47. The van der Waals surface area contributed by atoms with Crippen LogP contribution in [0.2, 0.25) is 0 Å². The molecule has 8 nitrogen and oxygen atoms in total. The molecule has 9 heteroatoms. The highest BCUT2D eigenvalue weighted by atomic mass is 32.1. The maximum Gasteiger partial charge on any atom is 0.250 e. The lowest BCUT2D eigenvalue weighted by atomic mass is 9.83. The normalized spacial score (nSPS) is 18.4. The summed E-state index contributed by atoms with van der Waals surface area (Å²) in [4.78, 5) is 34.4. The molecule has 2 amide bonds. The Labute approximate surface area is 247 Å². The average Bonchev–Trinajstić information content (AvgIpc) is 3.37. The Bertz CT molecular complexity index is 1340. The van der Waals surface area contributed by atoms with Crippen LogP contribution in [0, 0.1) is 0 Å². The Kier molecular flexibility index (Phi) is 8.85. The van der Waals surface area contributed by atoms with E-state index in [1.54, 1.807) is 12.0 Å². The Morgan fingerprint density at radius 1 is 1.00 bits per heavy atom.